The van der Waals surface area contributed by atoms with E-state index in [1.807, 2.05) is 0 Å². The molecule has 1 heterocycles. The molecule has 17 heavy (non-hydrogen) atoms. The van der Waals surface area contributed by atoms with Crippen molar-refractivity contribution < 1.29 is 9.94 Å². The van der Waals surface area contributed by atoms with Gasteiger partial charge >= 0.3 is 0 Å². The first kappa shape index (κ1) is 11.7. The molecule has 0 aromatic carbocycles. The van der Waals surface area contributed by atoms with Crippen LogP contribution in [0.25, 0.3) is 0 Å². The molecule has 0 atom stereocenters. The highest BCUT2D eigenvalue weighted by atomic mass is 16.5. The largest absolute Gasteiger partial charge is 0.489 e. The summed E-state index contributed by atoms with van der Waals surface area (Å²) in [4.78, 5) is 4.07. The van der Waals surface area contributed by atoms with Gasteiger partial charge in [0.15, 0.2) is 5.84 Å². The molecule has 1 aliphatic rings. The Hall–Kier alpha value is -1.78. The van der Waals surface area contributed by atoms with Crippen molar-refractivity contribution >= 4 is 5.84 Å². The Morgan fingerprint density at radius 1 is 1.35 bits per heavy atom. The van der Waals surface area contributed by atoms with Gasteiger partial charge in [0.25, 0.3) is 0 Å². The lowest BCUT2D eigenvalue weighted by Crippen LogP contribution is -2.20. The molecule has 92 valence electrons. The van der Waals surface area contributed by atoms with E-state index in [1.54, 1.807) is 18.3 Å². The molecule has 2 rings (SSSR count). The third kappa shape index (κ3) is 3.09. The summed E-state index contributed by atoms with van der Waals surface area (Å²) in [5, 5.41) is 11.4. The summed E-state index contributed by atoms with van der Waals surface area (Å²) in [6, 6.07) is 3.49. The van der Waals surface area contributed by atoms with Crippen LogP contribution in [0.3, 0.4) is 0 Å². The number of nitrogens with two attached hydrogens (primary N) is 1. The first-order valence-corrected chi connectivity index (χ1v) is 5.90. The predicted molar refractivity (Wildman–Crippen MR) is 64.2 cm³/mol. The Morgan fingerprint density at radius 3 is 2.71 bits per heavy atom. The van der Waals surface area contributed by atoms with E-state index in [4.69, 9.17) is 15.7 Å². The summed E-state index contributed by atoms with van der Waals surface area (Å²) in [5.74, 6) is 0.751. The minimum atomic E-state index is 0.00853. The van der Waals surface area contributed by atoms with Crippen molar-refractivity contribution in [3.8, 4) is 5.75 Å². The van der Waals surface area contributed by atoms with Gasteiger partial charge in [-0.2, -0.15) is 0 Å². The summed E-state index contributed by atoms with van der Waals surface area (Å²) in [5.41, 5.74) is 5.87. The molecule has 0 aliphatic heterocycles. The molecule has 3 N–H and O–H groups in total. The Kier molecular flexibility index (Phi) is 3.80. The molecular weight excluding hydrogens is 218 g/mol. The maximum Gasteiger partial charge on any atom is 0.188 e. The number of hydrogen-bond acceptors (Lipinski definition) is 4. The van der Waals surface area contributed by atoms with Crippen LogP contribution in [0.15, 0.2) is 23.5 Å². The van der Waals surface area contributed by atoms with Crippen LogP contribution >= 0.6 is 0 Å². The van der Waals surface area contributed by atoms with E-state index < -0.39 is 0 Å². The van der Waals surface area contributed by atoms with Crippen molar-refractivity contribution in [2.24, 2.45) is 10.9 Å². The number of amidine groups is 1. The van der Waals surface area contributed by atoms with Gasteiger partial charge in [0.2, 0.25) is 0 Å². The van der Waals surface area contributed by atoms with E-state index in [0.717, 1.165) is 18.6 Å². The summed E-state index contributed by atoms with van der Waals surface area (Å²) in [6.45, 7) is 0. The van der Waals surface area contributed by atoms with Crippen LogP contribution in [0.5, 0.6) is 5.75 Å². The molecule has 5 heteroatoms. The van der Waals surface area contributed by atoms with Crippen molar-refractivity contribution in [3.63, 3.8) is 0 Å². The van der Waals surface area contributed by atoms with Crippen molar-refractivity contribution in [3.05, 3.63) is 24.0 Å². The molecule has 0 saturated heterocycles. The van der Waals surface area contributed by atoms with Gasteiger partial charge in [-0.15, -0.1) is 0 Å². The topological polar surface area (TPSA) is 80.7 Å². The molecule has 1 aromatic heterocycles. The molecule has 0 spiro atoms. The van der Waals surface area contributed by atoms with E-state index in [0.29, 0.717) is 11.8 Å². The van der Waals surface area contributed by atoms with Crippen LogP contribution in [-0.4, -0.2) is 22.1 Å². The third-order valence-electron chi connectivity index (χ3n) is 2.96. The number of hydrogen-bond donors (Lipinski definition) is 2. The fraction of sp³-hybridized carbons (Fsp3) is 0.500. The highest BCUT2D eigenvalue weighted by Gasteiger charge is 2.14. The second-order valence-corrected chi connectivity index (χ2v) is 4.24. The lowest BCUT2D eigenvalue weighted by Gasteiger charge is -2.22. The Balaban J connectivity index is 1.97. The maximum atomic E-state index is 8.51. The molecular formula is C12H17N3O2. The minimum Gasteiger partial charge on any atom is -0.489 e. The Bertz CT molecular complexity index is 383. The van der Waals surface area contributed by atoms with Crippen molar-refractivity contribution in [1.29, 1.82) is 0 Å². The molecule has 1 aromatic rings. The number of pyridine rings is 1. The summed E-state index contributed by atoms with van der Waals surface area (Å²) in [6.07, 6.45) is 7.92. The molecule has 1 aliphatic carbocycles. The zero-order valence-corrected chi connectivity index (χ0v) is 9.67. The maximum absolute atomic E-state index is 8.51. The van der Waals surface area contributed by atoms with E-state index in [-0.39, 0.29) is 5.84 Å². The average molecular weight is 235 g/mol. The second-order valence-electron chi connectivity index (χ2n) is 4.24. The van der Waals surface area contributed by atoms with Gasteiger partial charge in [-0.1, -0.05) is 11.6 Å². The number of rotatable bonds is 3. The van der Waals surface area contributed by atoms with Crippen molar-refractivity contribution in [1.82, 2.24) is 4.98 Å². The molecule has 5 nitrogen and oxygen atoms in total. The van der Waals surface area contributed by atoms with E-state index in [2.05, 4.69) is 10.1 Å². The molecule has 1 fully saturated rings. The fourth-order valence-electron chi connectivity index (χ4n) is 2.03. The van der Waals surface area contributed by atoms with Crippen molar-refractivity contribution in [2.75, 3.05) is 0 Å². The average Bonchev–Trinajstić information content (AvgIpc) is 2.40. The normalized spacial score (nSPS) is 18.0. The first-order chi connectivity index (χ1) is 8.29. The van der Waals surface area contributed by atoms with Crippen LogP contribution < -0.4 is 10.5 Å². The summed E-state index contributed by atoms with van der Waals surface area (Å²) in [7, 11) is 0. The zero-order valence-electron chi connectivity index (χ0n) is 9.67. The van der Waals surface area contributed by atoms with E-state index in [9.17, 15) is 0 Å². The van der Waals surface area contributed by atoms with Gasteiger partial charge in [0, 0.05) is 0 Å². The zero-order chi connectivity index (χ0) is 12.1. The van der Waals surface area contributed by atoms with E-state index in [1.165, 1.54) is 19.3 Å². The smallest absolute Gasteiger partial charge is 0.188 e. The number of aromatic nitrogens is 1. The highest BCUT2D eigenvalue weighted by Crippen LogP contribution is 2.22. The molecule has 1 saturated carbocycles. The standard InChI is InChI=1S/C12H17N3O2/c13-12(15-16)11-7-6-10(8-14-11)17-9-4-2-1-3-5-9/h6-9,16H,1-5H2,(H2,13,15). The summed E-state index contributed by atoms with van der Waals surface area (Å²) >= 11 is 0. The van der Waals surface area contributed by atoms with Gasteiger partial charge in [0.1, 0.15) is 11.4 Å². The van der Waals surface area contributed by atoms with Crippen LogP contribution in [0, 0.1) is 0 Å². The number of ether oxygens (including phenoxy) is 1. The SMILES string of the molecule is N/C(=N/O)c1ccc(OC2CCCCC2)cn1. The minimum absolute atomic E-state index is 0.00853. The first-order valence-electron chi connectivity index (χ1n) is 5.90. The lowest BCUT2D eigenvalue weighted by atomic mass is 9.98. The quantitative estimate of drug-likeness (QED) is 0.363. The number of nitrogens with zero attached hydrogens (tertiary/aromatic N) is 2. The molecule has 0 radical (unpaired) electrons. The molecule has 0 amide bonds. The van der Waals surface area contributed by atoms with Gasteiger partial charge < -0.3 is 15.7 Å². The summed E-state index contributed by atoms with van der Waals surface area (Å²) < 4.78 is 5.82. The fourth-order valence-corrected chi connectivity index (χ4v) is 2.03. The molecule has 0 bridgehead atoms. The highest BCUT2D eigenvalue weighted by molar-refractivity contribution is 5.95. The van der Waals surface area contributed by atoms with Crippen LogP contribution in [0.1, 0.15) is 37.8 Å². The van der Waals surface area contributed by atoms with Gasteiger partial charge in [-0.3, -0.25) is 0 Å². The van der Waals surface area contributed by atoms with Crippen LogP contribution in [0.4, 0.5) is 0 Å². The van der Waals surface area contributed by atoms with Crippen LogP contribution in [-0.2, 0) is 0 Å². The lowest BCUT2D eigenvalue weighted by molar-refractivity contribution is 0.154. The Labute approximate surface area is 100 Å². The van der Waals surface area contributed by atoms with Crippen LogP contribution in [0.2, 0.25) is 0 Å². The van der Waals surface area contributed by atoms with Gasteiger partial charge in [-0.25, -0.2) is 4.98 Å². The molecule has 0 unspecified atom stereocenters. The predicted octanol–water partition coefficient (Wildman–Crippen LogP) is 1.89. The third-order valence-corrected chi connectivity index (χ3v) is 2.96. The van der Waals surface area contributed by atoms with Gasteiger partial charge in [-0.05, 0) is 37.8 Å². The van der Waals surface area contributed by atoms with Gasteiger partial charge in [0.05, 0.1) is 12.3 Å². The Morgan fingerprint density at radius 2 is 2.12 bits per heavy atom. The van der Waals surface area contributed by atoms with Crippen molar-refractivity contribution in [2.45, 2.75) is 38.2 Å². The second kappa shape index (κ2) is 5.52. The monoisotopic (exact) mass is 235 g/mol. The van der Waals surface area contributed by atoms with E-state index >= 15 is 0 Å². The number of oxime groups is 1.